The summed E-state index contributed by atoms with van der Waals surface area (Å²) in [5.74, 6) is 0.143. The summed E-state index contributed by atoms with van der Waals surface area (Å²) in [6.07, 6.45) is 6.48. The molecule has 0 fully saturated rings. The molecule has 158 valence electrons. The smallest absolute Gasteiger partial charge is 0.227 e. The number of aryl methyl sites for hydroxylation is 1. The van der Waals surface area contributed by atoms with Crippen LogP contribution in [0.25, 0.3) is 4.96 Å². The van der Waals surface area contributed by atoms with Crippen molar-refractivity contribution in [3.8, 4) is 0 Å². The number of anilines is 1. The van der Waals surface area contributed by atoms with Crippen molar-refractivity contribution in [3.05, 3.63) is 47.5 Å². The molecule has 0 aliphatic heterocycles. The highest BCUT2D eigenvalue weighted by Gasteiger charge is 2.10. The maximum Gasteiger partial charge on any atom is 0.227 e. The molecule has 8 nitrogen and oxygen atoms in total. The summed E-state index contributed by atoms with van der Waals surface area (Å²) < 4.78 is 7.61. The van der Waals surface area contributed by atoms with Crippen molar-refractivity contribution in [1.29, 1.82) is 5.41 Å². The Balaban J connectivity index is 0.00000146. The van der Waals surface area contributed by atoms with Crippen molar-refractivity contribution >= 4 is 33.7 Å². The maximum absolute atomic E-state index is 11.9. The number of nitrogens with zero attached hydrogens (tertiary/aromatic N) is 4. The van der Waals surface area contributed by atoms with Gasteiger partial charge in [0.1, 0.15) is 6.73 Å². The highest BCUT2D eigenvalue weighted by molar-refractivity contribution is 7.15. The molecule has 3 aromatic heterocycles. The molecule has 0 saturated carbocycles. The third-order valence-electron chi connectivity index (χ3n) is 4.06. The van der Waals surface area contributed by atoms with Crippen LogP contribution in [0.2, 0.25) is 0 Å². The van der Waals surface area contributed by atoms with Gasteiger partial charge in [-0.25, -0.2) is 4.98 Å². The lowest BCUT2D eigenvalue weighted by Crippen LogP contribution is -2.30. The van der Waals surface area contributed by atoms with Crippen LogP contribution in [0, 0.1) is 5.41 Å². The van der Waals surface area contributed by atoms with Gasteiger partial charge < -0.3 is 15.0 Å². The van der Waals surface area contributed by atoms with Crippen LogP contribution in [-0.4, -0.2) is 44.8 Å². The second-order valence-corrected chi connectivity index (χ2v) is 6.94. The number of amidine groups is 1. The van der Waals surface area contributed by atoms with E-state index in [4.69, 9.17) is 10.1 Å². The lowest BCUT2D eigenvalue weighted by atomic mass is 10.2. The standard InChI is InChI=1S/C18H22N6O2S.C2H6.H2/c1-13(19)23(2)17(25)4-3-14-9-15(5-6-20-14)21-12-26-11-16-10-24-7-8-27-18(24)22-16;1-2;/h5-10,19H,3-4,11-12H2,1-2H3,(H,20,21);1-2H3;1H. The second kappa shape index (κ2) is 11.3. The average molecular weight is 419 g/mol. The zero-order valence-electron chi connectivity index (χ0n) is 17.3. The molecule has 29 heavy (non-hydrogen) atoms. The number of fused-ring (bicyclic) bond motifs is 1. The normalized spacial score (nSPS) is 10.3. The van der Waals surface area contributed by atoms with Crippen LogP contribution in [0.15, 0.2) is 36.1 Å². The molecule has 0 aromatic carbocycles. The first-order valence-electron chi connectivity index (χ1n) is 9.52. The van der Waals surface area contributed by atoms with Crippen molar-refractivity contribution in [3.63, 3.8) is 0 Å². The number of imidazole rings is 1. The van der Waals surface area contributed by atoms with E-state index in [2.05, 4.69) is 15.3 Å². The Morgan fingerprint density at radius 1 is 1.41 bits per heavy atom. The molecule has 0 atom stereocenters. The van der Waals surface area contributed by atoms with E-state index in [1.54, 1.807) is 31.5 Å². The Bertz CT molecular complexity index is 914. The lowest BCUT2D eigenvalue weighted by Gasteiger charge is -2.15. The van der Waals surface area contributed by atoms with Gasteiger partial charge in [0.25, 0.3) is 0 Å². The molecular weight excluding hydrogens is 388 g/mol. The topological polar surface area (TPSA) is 95.6 Å². The summed E-state index contributed by atoms with van der Waals surface area (Å²) in [6, 6.07) is 3.76. The fourth-order valence-electron chi connectivity index (χ4n) is 2.45. The van der Waals surface area contributed by atoms with Gasteiger partial charge in [0, 0.05) is 50.2 Å². The summed E-state index contributed by atoms with van der Waals surface area (Å²) >= 11 is 1.59. The number of nitrogens with one attached hydrogen (secondary N) is 2. The van der Waals surface area contributed by atoms with Crippen LogP contribution in [0.3, 0.4) is 0 Å². The number of aromatic nitrogens is 3. The van der Waals surface area contributed by atoms with Crippen LogP contribution in [0.1, 0.15) is 40.0 Å². The third-order valence-corrected chi connectivity index (χ3v) is 4.83. The maximum atomic E-state index is 11.9. The Hall–Kier alpha value is -2.78. The largest absolute Gasteiger partial charge is 0.363 e. The van der Waals surface area contributed by atoms with Gasteiger partial charge in [0.2, 0.25) is 5.91 Å². The van der Waals surface area contributed by atoms with Crippen LogP contribution in [0.5, 0.6) is 0 Å². The van der Waals surface area contributed by atoms with E-state index < -0.39 is 0 Å². The Morgan fingerprint density at radius 2 is 2.21 bits per heavy atom. The van der Waals surface area contributed by atoms with Crippen LogP contribution in [-0.2, 0) is 22.6 Å². The Morgan fingerprint density at radius 3 is 2.93 bits per heavy atom. The monoisotopic (exact) mass is 418 g/mol. The first kappa shape index (κ1) is 22.5. The molecule has 0 radical (unpaired) electrons. The number of rotatable bonds is 8. The van der Waals surface area contributed by atoms with Gasteiger partial charge >= 0.3 is 0 Å². The fourth-order valence-corrected chi connectivity index (χ4v) is 3.17. The Kier molecular flexibility index (Phi) is 8.75. The summed E-state index contributed by atoms with van der Waals surface area (Å²) in [6.45, 7) is 6.37. The lowest BCUT2D eigenvalue weighted by molar-refractivity contribution is -0.126. The number of ether oxygens (including phenoxy) is 1. The van der Waals surface area contributed by atoms with Crippen molar-refractivity contribution in [2.75, 3.05) is 19.1 Å². The molecule has 3 heterocycles. The number of carbonyl (C=O) groups is 1. The first-order chi connectivity index (χ1) is 14.0. The molecular formula is C20H30N6O2S. The van der Waals surface area contributed by atoms with Gasteiger partial charge in [-0.05, 0) is 25.5 Å². The third kappa shape index (κ3) is 6.65. The van der Waals surface area contributed by atoms with Gasteiger partial charge in [-0.2, -0.15) is 0 Å². The van der Waals surface area contributed by atoms with E-state index >= 15 is 0 Å². The molecule has 3 rings (SSSR count). The minimum absolute atomic E-state index is 0. The van der Waals surface area contributed by atoms with Crippen molar-refractivity contribution in [1.82, 2.24) is 19.3 Å². The van der Waals surface area contributed by atoms with E-state index in [-0.39, 0.29) is 13.2 Å². The molecule has 2 N–H and O–H groups in total. The summed E-state index contributed by atoms with van der Waals surface area (Å²) in [5.41, 5.74) is 2.59. The van der Waals surface area contributed by atoms with Gasteiger partial charge in [-0.3, -0.25) is 19.6 Å². The molecule has 9 heteroatoms. The average Bonchev–Trinajstić information content (AvgIpc) is 3.32. The number of amides is 1. The summed E-state index contributed by atoms with van der Waals surface area (Å²) in [7, 11) is 1.61. The Labute approximate surface area is 176 Å². The van der Waals surface area contributed by atoms with Crippen molar-refractivity contribution in [2.24, 2.45) is 0 Å². The van der Waals surface area contributed by atoms with Crippen molar-refractivity contribution in [2.45, 2.75) is 40.2 Å². The number of carbonyl (C=O) groups excluding carboxylic acids is 1. The minimum atomic E-state index is -0.0917. The quantitative estimate of drug-likeness (QED) is 0.249. The summed E-state index contributed by atoms with van der Waals surface area (Å²) in [4.78, 5) is 23.0. The highest BCUT2D eigenvalue weighted by Crippen LogP contribution is 2.13. The van der Waals surface area contributed by atoms with Gasteiger partial charge in [0.15, 0.2) is 4.96 Å². The second-order valence-electron chi connectivity index (χ2n) is 6.07. The molecule has 0 aliphatic rings. The zero-order valence-corrected chi connectivity index (χ0v) is 18.1. The number of hydrogen-bond donors (Lipinski definition) is 2. The fraction of sp³-hybridized carbons (Fsp3) is 0.400. The van der Waals surface area contributed by atoms with Gasteiger partial charge in [0.05, 0.1) is 18.1 Å². The SMILES string of the molecule is CC.CC(=N)N(C)C(=O)CCc1cc(NCOCc2cn3ccsc3n2)ccn1.[HH]. The van der Waals surface area contributed by atoms with Crippen LogP contribution in [0.4, 0.5) is 5.69 Å². The predicted octanol–water partition coefficient (Wildman–Crippen LogP) is 4.04. The molecule has 0 spiro atoms. The highest BCUT2D eigenvalue weighted by atomic mass is 32.1. The molecule has 0 saturated heterocycles. The molecule has 1 amide bonds. The number of hydrogen-bond acceptors (Lipinski definition) is 7. The van der Waals surface area contributed by atoms with E-state index in [0.717, 1.165) is 22.0 Å². The number of pyridine rings is 1. The first-order valence-corrected chi connectivity index (χ1v) is 10.4. The van der Waals surface area contributed by atoms with E-state index in [9.17, 15) is 4.79 Å². The van der Waals surface area contributed by atoms with Crippen LogP contribution < -0.4 is 5.32 Å². The van der Waals surface area contributed by atoms with Crippen molar-refractivity contribution < 1.29 is 11.0 Å². The molecule has 0 bridgehead atoms. The zero-order chi connectivity index (χ0) is 21.2. The van der Waals surface area contributed by atoms with Crippen LogP contribution >= 0.6 is 11.3 Å². The molecule has 0 unspecified atom stereocenters. The number of thiazole rings is 1. The minimum Gasteiger partial charge on any atom is -0.363 e. The predicted molar refractivity (Wildman–Crippen MR) is 119 cm³/mol. The van der Waals surface area contributed by atoms with E-state index in [1.807, 2.05) is 48.2 Å². The van der Waals surface area contributed by atoms with E-state index in [1.165, 1.54) is 4.90 Å². The summed E-state index contributed by atoms with van der Waals surface area (Å²) in [5, 5.41) is 12.7. The van der Waals surface area contributed by atoms with E-state index in [0.29, 0.717) is 26.2 Å². The molecule has 0 aliphatic carbocycles. The molecule has 3 aromatic rings. The van der Waals surface area contributed by atoms with Gasteiger partial charge in [-0.1, -0.05) is 13.8 Å². The van der Waals surface area contributed by atoms with Gasteiger partial charge in [-0.15, -0.1) is 11.3 Å².